The Morgan fingerprint density at radius 1 is 1.37 bits per heavy atom. The molecule has 0 aliphatic rings. The summed E-state index contributed by atoms with van der Waals surface area (Å²) in [6.45, 7) is 7.44. The van der Waals surface area contributed by atoms with E-state index >= 15 is 0 Å². The van der Waals surface area contributed by atoms with E-state index in [9.17, 15) is 0 Å². The highest BCUT2D eigenvalue weighted by atomic mass is 15.3. The van der Waals surface area contributed by atoms with Gasteiger partial charge in [0.1, 0.15) is 0 Å². The first-order chi connectivity index (χ1) is 8.97. The molecule has 0 fully saturated rings. The van der Waals surface area contributed by atoms with Crippen LogP contribution in [0.15, 0.2) is 6.20 Å². The zero-order valence-electron chi connectivity index (χ0n) is 13.3. The third kappa shape index (κ3) is 4.51. The monoisotopic (exact) mass is 267 g/mol. The summed E-state index contributed by atoms with van der Waals surface area (Å²) in [5, 5.41) is 3.48. The molecule has 1 unspecified atom stereocenters. The van der Waals surface area contributed by atoms with Crippen LogP contribution in [-0.4, -0.2) is 54.7 Å². The molecule has 1 rings (SSSR count). The van der Waals surface area contributed by atoms with E-state index in [0.29, 0.717) is 6.04 Å². The van der Waals surface area contributed by atoms with E-state index in [4.69, 9.17) is 0 Å². The number of nitrogens with one attached hydrogen (secondary N) is 1. The fourth-order valence-corrected chi connectivity index (χ4v) is 2.02. The molecule has 19 heavy (non-hydrogen) atoms. The van der Waals surface area contributed by atoms with Crippen LogP contribution >= 0.6 is 0 Å². The smallest absolute Gasteiger partial charge is 0.204 e. The van der Waals surface area contributed by atoms with Crippen molar-refractivity contribution in [1.29, 1.82) is 0 Å². The van der Waals surface area contributed by atoms with Crippen molar-refractivity contribution < 1.29 is 0 Å². The maximum atomic E-state index is 4.41. The second-order valence-electron chi connectivity index (χ2n) is 5.42. The van der Waals surface area contributed by atoms with Gasteiger partial charge >= 0.3 is 0 Å². The summed E-state index contributed by atoms with van der Waals surface area (Å²) in [6, 6.07) is 0.652. The third-order valence-electron chi connectivity index (χ3n) is 3.75. The van der Waals surface area contributed by atoms with Crippen molar-refractivity contribution in [1.82, 2.24) is 19.8 Å². The van der Waals surface area contributed by atoms with Gasteiger partial charge in [-0.15, -0.1) is 0 Å². The Morgan fingerprint density at radius 2 is 2.05 bits per heavy atom. The van der Waals surface area contributed by atoms with Crippen molar-refractivity contribution in [3.63, 3.8) is 0 Å². The fourth-order valence-electron chi connectivity index (χ4n) is 2.02. The first-order valence-corrected chi connectivity index (χ1v) is 7.06. The number of hydrogen-bond acceptors (Lipinski definition) is 4. The first-order valence-electron chi connectivity index (χ1n) is 7.06. The molecule has 1 aromatic heterocycles. The van der Waals surface area contributed by atoms with Crippen molar-refractivity contribution in [3.8, 4) is 0 Å². The van der Waals surface area contributed by atoms with E-state index in [1.54, 1.807) is 0 Å². The lowest BCUT2D eigenvalue weighted by Gasteiger charge is -2.23. The van der Waals surface area contributed by atoms with Gasteiger partial charge in [-0.2, -0.15) is 0 Å². The second kappa shape index (κ2) is 7.50. The molecule has 0 bridgehead atoms. The van der Waals surface area contributed by atoms with Crippen LogP contribution in [0.4, 0.5) is 5.95 Å². The Morgan fingerprint density at radius 3 is 2.58 bits per heavy atom. The third-order valence-corrected chi connectivity index (χ3v) is 3.75. The van der Waals surface area contributed by atoms with Crippen LogP contribution in [0.25, 0.3) is 0 Å². The maximum absolute atomic E-state index is 4.41. The number of imidazole rings is 1. The molecule has 0 amide bonds. The van der Waals surface area contributed by atoms with Crippen molar-refractivity contribution in [2.24, 2.45) is 7.05 Å². The zero-order chi connectivity index (χ0) is 14.4. The van der Waals surface area contributed by atoms with Crippen LogP contribution in [0.5, 0.6) is 0 Å². The minimum Gasteiger partial charge on any atom is -0.348 e. The lowest BCUT2D eigenvalue weighted by molar-refractivity contribution is 0.251. The molecular formula is C14H29N5. The van der Waals surface area contributed by atoms with Gasteiger partial charge in [0.05, 0.1) is 11.9 Å². The number of likely N-dealkylation sites (N-methyl/N-ethyl adjacent to an activating group) is 1. The minimum atomic E-state index is 0.652. The van der Waals surface area contributed by atoms with Crippen LogP contribution in [-0.2, 0) is 13.6 Å². The van der Waals surface area contributed by atoms with Gasteiger partial charge in [-0.05, 0) is 20.4 Å². The van der Waals surface area contributed by atoms with Crippen molar-refractivity contribution >= 4 is 5.95 Å². The Hall–Kier alpha value is -1.07. The number of nitrogens with zero attached hydrogens (tertiary/aromatic N) is 4. The molecule has 110 valence electrons. The van der Waals surface area contributed by atoms with E-state index in [-0.39, 0.29) is 0 Å². The highest BCUT2D eigenvalue weighted by Gasteiger charge is 2.08. The van der Waals surface area contributed by atoms with Gasteiger partial charge in [-0.25, -0.2) is 4.98 Å². The Labute approximate surface area is 117 Å². The molecule has 5 heteroatoms. The minimum absolute atomic E-state index is 0.652. The van der Waals surface area contributed by atoms with Gasteiger partial charge in [-0.3, -0.25) is 0 Å². The van der Waals surface area contributed by atoms with Crippen LogP contribution in [0.2, 0.25) is 0 Å². The van der Waals surface area contributed by atoms with Crippen LogP contribution in [0, 0.1) is 0 Å². The fraction of sp³-hybridized carbons (Fsp3) is 0.786. The number of aromatic nitrogens is 2. The lowest BCUT2D eigenvalue weighted by atomic mass is 10.2. The van der Waals surface area contributed by atoms with Gasteiger partial charge < -0.3 is 19.7 Å². The highest BCUT2D eigenvalue weighted by molar-refractivity contribution is 5.30. The molecule has 0 spiro atoms. The quantitative estimate of drug-likeness (QED) is 0.721. The summed E-state index contributed by atoms with van der Waals surface area (Å²) in [7, 11) is 8.27. The number of anilines is 1. The molecule has 1 atom stereocenters. The second-order valence-corrected chi connectivity index (χ2v) is 5.42. The summed E-state index contributed by atoms with van der Waals surface area (Å²) >= 11 is 0. The molecule has 1 N–H and O–H groups in total. The summed E-state index contributed by atoms with van der Waals surface area (Å²) < 4.78 is 2.13. The molecule has 0 aliphatic heterocycles. The SMILES string of the molecule is CCC(C)N(C)CCNCc1cnc(N(C)C)n1C. The molecule has 0 saturated carbocycles. The van der Waals surface area contributed by atoms with E-state index in [1.807, 2.05) is 25.2 Å². The van der Waals surface area contributed by atoms with Gasteiger partial charge in [0, 0.05) is 46.8 Å². The predicted molar refractivity (Wildman–Crippen MR) is 81.6 cm³/mol. The Bertz CT molecular complexity index is 372. The van der Waals surface area contributed by atoms with Gasteiger partial charge in [0.25, 0.3) is 0 Å². The number of hydrogen-bond donors (Lipinski definition) is 1. The summed E-state index contributed by atoms with van der Waals surface area (Å²) in [5.74, 6) is 0.994. The topological polar surface area (TPSA) is 36.3 Å². The molecule has 0 aromatic carbocycles. The largest absolute Gasteiger partial charge is 0.348 e. The average molecular weight is 267 g/mol. The van der Waals surface area contributed by atoms with Crippen molar-refractivity contribution in [3.05, 3.63) is 11.9 Å². The Kier molecular flexibility index (Phi) is 6.31. The summed E-state index contributed by atoms with van der Waals surface area (Å²) in [6.07, 6.45) is 3.14. The number of rotatable bonds is 8. The average Bonchev–Trinajstić information content (AvgIpc) is 2.75. The molecule has 1 aromatic rings. The Balaban J connectivity index is 2.34. The highest BCUT2D eigenvalue weighted by Crippen LogP contribution is 2.10. The lowest BCUT2D eigenvalue weighted by Crippen LogP contribution is -2.35. The van der Waals surface area contributed by atoms with Crippen LogP contribution < -0.4 is 10.2 Å². The standard InChI is InChI=1S/C14H29N5/c1-7-12(2)18(5)9-8-15-10-13-11-16-14(17(3)4)19(13)6/h11-12,15H,7-10H2,1-6H3. The van der Waals surface area contributed by atoms with Gasteiger partial charge in [0.2, 0.25) is 5.95 Å². The predicted octanol–water partition coefficient (Wildman–Crippen LogP) is 1.31. The van der Waals surface area contributed by atoms with Crippen LogP contribution in [0.1, 0.15) is 26.0 Å². The molecule has 0 aliphatic carbocycles. The molecule has 1 heterocycles. The molecule has 0 radical (unpaired) electrons. The normalized spacial score (nSPS) is 13.0. The van der Waals surface area contributed by atoms with Crippen molar-refractivity contribution in [2.45, 2.75) is 32.9 Å². The summed E-state index contributed by atoms with van der Waals surface area (Å²) in [5.41, 5.74) is 1.22. The van der Waals surface area contributed by atoms with E-state index < -0.39 is 0 Å². The van der Waals surface area contributed by atoms with E-state index in [0.717, 1.165) is 25.6 Å². The molecular weight excluding hydrogens is 238 g/mol. The summed E-state index contributed by atoms with van der Waals surface area (Å²) in [4.78, 5) is 8.83. The van der Waals surface area contributed by atoms with Gasteiger partial charge in [0.15, 0.2) is 0 Å². The van der Waals surface area contributed by atoms with Gasteiger partial charge in [-0.1, -0.05) is 6.92 Å². The molecule has 5 nitrogen and oxygen atoms in total. The van der Waals surface area contributed by atoms with Crippen molar-refractivity contribution in [2.75, 3.05) is 39.1 Å². The zero-order valence-corrected chi connectivity index (χ0v) is 13.3. The van der Waals surface area contributed by atoms with E-state index in [2.05, 4.69) is 47.7 Å². The molecule has 0 saturated heterocycles. The maximum Gasteiger partial charge on any atom is 0.204 e. The van der Waals surface area contributed by atoms with Crippen LogP contribution in [0.3, 0.4) is 0 Å². The van der Waals surface area contributed by atoms with E-state index in [1.165, 1.54) is 12.1 Å². The first kappa shape index (κ1) is 16.0.